The van der Waals surface area contributed by atoms with Crippen molar-refractivity contribution in [2.45, 2.75) is 19.8 Å². The van der Waals surface area contributed by atoms with Crippen molar-refractivity contribution in [3.8, 4) is 0 Å². The van der Waals surface area contributed by atoms with Gasteiger partial charge in [-0.15, -0.1) is 0 Å². The zero-order chi connectivity index (χ0) is 12.1. The van der Waals surface area contributed by atoms with Gasteiger partial charge in [-0.05, 0) is 12.5 Å². The van der Waals surface area contributed by atoms with Gasteiger partial charge >= 0.3 is 0 Å². The number of carbonyl (C=O) groups is 1. The summed E-state index contributed by atoms with van der Waals surface area (Å²) in [5, 5.41) is 18.5. The Morgan fingerprint density at radius 3 is 2.75 bits per heavy atom. The molecule has 84 valence electrons. The third-order valence-electron chi connectivity index (χ3n) is 2.18. The van der Waals surface area contributed by atoms with Crippen molar-refractivity contribution in [2.24, 2.45) is 0 Å². The lowest BCUT2D eigenvalue weighted by Gasteiger charge is -2.04. The molecular formula is C11H12N2O3. The lowest BCUT2D eigenvalue weighted by molar-refractivity contribution is -0.385. The molecule has 0 aliphatic heterocycles. The van der Waals surface area contributed by atoms with E-state index in [9.17, 15) is 14.9 Å². The maximum atomic E-state index is 10.8. The molecule has 0 atom stereocenters. The second kappa shape index (κ2) is 5.16. The molecule has 0 bridgehead atoms. The van der Waals surface area contributed by atoms with E-state index < -0.39 is 4.92 Å². The van der Waals surface area contributed by atoms with Crippen molar-refractivity contribution in [3.05, 3.63) is 39.4 Å². The molecule has 0 fully saturated rings. The first-order chi connectivity index (χ1) is 7.60. The summed E-state index contributed by atoms with van der Waals surface area (Å²) in [6, 6.07) is 4.14. The molecule has 1 rings (SSSR count). The van der Waals surface area contributed by atoms with Gasteiger partial charge < -0.3 is 5.41 Å². The van der Waals surface area contributed by atoms with Gasteiger partial charge in [-0.3, -0.25) is 14.9 Å². The summed E-state index contributed by atoms with van der Waals surface area (Å²) < 4.78 is 0. The smallest absolute Gasteiger partial charge is 0.279 e. The monoisotopic (exact) mass is 220 g/mol. The first kappa shape index (κ1) is 12.0. The number of hydrogen-bond acceptors (Lipinski definition) is 4. The highest BCUT2D eigenvalue weighted by Gasteiger charge is 2.17. The molecule has 5 heteroatoms. The molecule has 0 amide bonds. The van der Waals surface area contributed by atoms with Gasteiger partial charge in [0.1, 0.15) is 6.29 Å². The zero-order valence-electron chi connectivity index (χ0n) is 8.90. The molecule has 1 N–H and O–H groups in total. The van der Waals surface area contributed by atoms with E-state index in [0.29, 0.717) is 12.7 Å². The first-order valence-electron chi connectivity index (χ1n) is 4.91. The third-order valence-corrected chi connectivity index (χ3v) is 2.18. The van der Waals surface area contributed by atoms with Crippen LogP contribution in [0.3, 0.4) is 0 Å². The van der Waals surface area contributed by atoms with Gasteiger partial charge in [0.05, 0.1) is 10.5 Å². The van der Waals surface area contributed by atoms with Crippen LogP contribution in [0.5, 0.6) is 0 Å². The van der Waals surface area contributed by atoms with Crippen LogP contribution < -0.4 is 0 Å². The van der Waals surface area contributed by atoms with Crippen LogP contribution >= 0.6 is 0 Å². The molecule has 16 heavy (non-hydrogen) atoms. The van der Waals surface area contributed by atoms with E-state index in [1.165, 1.54) is 18.2 Å². The molecule has 0 saturated heterocycles. The molecular weight excluding hydrogens is 208 g/mol. The Labute approximate surface area is 92.8 Å². The fraction of sp³-hybridized carbons (Fsp3) is 0.273. The van der Waals surface area contributed by atoms with Crippen LogP contribution in [0.2, 0.25) is 0 Å². The maximum Gasteiger partial charge on any atom is 0.279 e. The first-order valence-corrected chi connectivity index (χ1v) is 4.91. The largest absolute Gasteiger partial charge is 0.304 e. The van der Waals surface area contributed by atoms with Crippen molar-refractivity contribution in [2.75, 3.05) is 0 Å². The summed E-state index contributed by atoms with van der Waals surface area (Å²) >= 11 is 0. The summed E-state index contributed by atoms with van der Waals surface area (Å²) in [6.07, 6.45) is 1.80. The highest BCUT2D eigenvalue weighted by molar-refractivity contribution is 6.02. The fourth-order valence-corrected chi connectivity index (χ4v) is 1.41. The van der Waals surface area contributed by atoms with Gasteiger partial charge in [0.2, 0.25) is 0 Å². The Bertz CT molecular complexity index is 441. The molecule has 0 unspecified atom stereocenters. The van der Waals surface area contributed by atoms with Crippen LogP contribution in [0.1, 0.15) is 35.7 Å². The Morgan fingerprint density at radius 2 is 2.25 bits per heavy atom. The summed E-state index contributed by atoms with van der Waals surface area (Å²) in [5.41, 5.74) is 0.590. The number of aldehydes is 1. The van der Waals surface area contributed by atoms with Gasteiger partial charge in [-0.1, -0.05) is 19.4 Å². The van der Waals surface area contributed by atoms with Crippen LogP contribution in [-0.2, 0) is 0 Å². The van der Waals surface area contributed by atoms with Crippen molar-refractivity contribution >= 4 is 17.7 Å². The van der Waals surface area contributed by atoms with E-state index >= 15 is 0 Å². The van der Waals surface area contributed by atoms with Crippen LogP contribution in [0.15, 0.2) is 18.2 Å². The molecule has 0 saturated carbocycles. The Kier molecular flexibility index (Phi) is 3.88. The minimum absolute atomic E-state index is 0.178. The lowest BCUT2D eigenvalue weighted by atomic mass is 10.0. The summed E-state index contributed by atoms with van der Waals surface area (Å²) in [4.78, 5) is 20.7. The highest BCUT2D eigenvalue weighted by atomic mass is 16.6. The van der Waals surface area contributed by atoms with Crippen LogP contribution in [0, 0.1) is 15.5 Å². The average Bonchev–Trinajstić information content (AvgIpc) is 2.28. The Morgan fingerprint density at radius 1 is 1.56 bits per heavy atom. The third kappa shape index (κ3) is 2.50. The lowest BCUT2D eigenvalue weighted by Crippen LogP contribution is -2.04. The minimum Gasteiger partial charge on any atom is -0.304 e. The molecule has 0 heterocycles. The summed E-state index contributed by atoms with van der Waals surface area (Å²) in [6.45, 7) is 1.90. The molecule has 1 aromatic rings. The topological polar surface area (TPSA) is 84.1 Å². The molecule has 0 aliphatic rings. The van der Waals surface area contributed by atoms with Crippen molar-refractivity contribution in [1.82, 2.24) is 0 Å². The number of nitro benzene ring substituents is 1. The number of nitro groups is 1. The maximum absolute atomic E-state index is 10.8. The standard InChI is InChI=1S/C11H12N2O3/c1-2-3-10(12)9-5-4-8(7-14)6-11(9)13(15)16/h4-7,12H,2-3H2,1H3. The van der Waals surface area contributed by atoms with E-state index in [1.807, 2.05) is 6.92 Å². The molecule has 0 aromatic heterocycles. The van der Waals surface area contributed by atoms with Crippen molar-refractivity contribution < 1.29 is 9.72 Å². The number of nitrogens with one attached hydrogen (secondary N) is 1. The molecule has 1 aromatic carbocycles. The number of hydrogen-bond donors (Lipinski definition) is 1. The molecule has 5 nitrogen and oxygen atoms in total. The highest BCUT2D eigenvalue weighted by Crippen LogP contribution is 2.21. The van der Waals surface area contributed by atoms with Gasteiger partial charge in [-0.2, -0.15) is 0 Å². The van der Waals surface area contributed by atoms with Crippen LogP contribution in [0.25, 0.3) is 0 Å². The van der Waals surface area contributed by atoms with Crippen molar-refractivity contribution in [3.63, 3.8) is 0 Å². The predicted molar refractivity (Wildman–Crippen MR) is 60.2 cm³/mol. The van der Waals surface area contributed by atoms with Gasteiger partial charge in [0.15, 0.2) is 0 Å². The summed E-state index contributed by atoms with van der Waals surface area (Å²) in [7, 11) is 0. The van der Waals surface area contributed by atoms with E-state index in [2.05, 4.69) is 0 Å². The predicted octanol–water partition coefficient (Wildman–Crippen LogP) is 2.58. The van der Waals surface area contributed by atoms with E-state index in [1.54, 1.807) is 0 Å². The number of nitrogens with zero attached hydrogens (tertiary/aromatic N) is 1. The second-order valence-corrected chi connectivity index (χ2v) is 3.38. The number of benzene rings is 1. The molecule has 0 spiro atoms. The Hall–Kier alpha value is -2.04. The fourth-order valence-electron chi connectivity index (χ4n) is 1.41. The quantitative estimate of drug-likeness (QED) is 0.358. The average molecular weight is 220 g/mol. The second-order valence-electron chi connectivity index (χ2n) is 3.38. The zero-order valence-corrected chi connectivity index (χ0v) is 8.90. The van der Waals surface area contributed by atoms with E-state index in [0.717, 1.165) is 6.42 Å². The van der Waals surface area contributed by atoms with Gasteiger partial charge in [0.25, 0.3) is 5.69 Å². The van der Waals surface area contributed by atoms with Gasteiger partial charge in [0, 0.05) is 17.3 Å². The number of carbonyl (C=O) groups excluding carboxylic acids is 1. The molecule has 0 radical (unpaired) electrons. The summed E-state index contributed by atoms with van der Waals surface area (Å²) in [5.74, 6) is 0. The normalized spacial score (nSPS) is 9.81. The van der Waals surface area contributed by atoms with Crippen molar-refractivity contribution in [1.29, 1.82) is 5.41 Å². The van der Waals surface area contributed by atoms with E-state index in [4.69, 9.17) is 5.41 Å². The molecule has 0 aliphatic carbocycles. The van der Waals surface area contributed by atoms with Gasteiger partial charge in [-0.25, -0.2) is 0 Å². The van der Waals surface area contributed by atoms with Crippen LogP contribution in [-0.4, -0.2) is 16.9 Å². The van der Waals surface area contributed by atoms with E-state index in [-0.39, 0.29) is 22.5 Å². The minimum atomic E-state index is -0.563. The van der Waals surface area contributed by atoms with Crippen LogP contribution in [0.4, 0.5) is 5.69 Å². The number of rotatable bonds is 5. The Balaban J connectivity index is 3.22. The SMILES string of the molecule is CCCC(=N)c1ccc(C=O)cc1[N+](=O)[O-].